The van der Waals surface area contributed by atoms with Crippen LogP contribution < -0.4 is 4.74 Å². The number of likely N-dealkylation sites (N-methyl/N-ethyl adjacent to an activating group) is 1. The number of hydrogen-bond donors (Lipinski definition) is 1. The number of carbonyl (C=O) groups is 1. The lowest BCUT2D eigenvalue weighted by molar-refractivity contribution is -0.138. The van der Waals surface area contributed by atoms with Crippen LogP contribution in [0.4, 0.5) is 0 Å². The molecule has 1 N–H and O–H groups in total. The van der Waals surface area contributed by atoms with E-state index >= 15 is 0 Å². The number of carbonyl (C=O) groups excluding carboxylic acids is 1. The van der Waals surface area contributed by atoms with Gasteiger partial charge < -0.3 is 19.5 Å². The second-order valence-electron chi connectivity index (χ2n) is 8.98. The highest BCUT2D eigenvalue weighted by Gasteiger charge is 2.39. The number of aliphatic hydroxyl groups excluding tert-OH is 1. The van der Waals surface area contributed by atoms with Crippen molar-refractivity contribution in [2.75, 3.05) is 40.5 Å². The molecule has 2 aliphatic rings. The van der Waals surface area contributed by atoms with E-state index in [0.717, 1.165) is 19.3 Å². The fourth-order valence-corrected chi connectivity index (χ4v) is 5.88. The third-order valence-corrected chi connectivity index (χ3v) is 8.42. The number of methoxy groups -OCH3 is 1. The lowest BCUT2D eigenvalue weighted by Gasteiger charge is -2.38. The number of ether oxygens (including phenoxy) is 2. The number of rotatable bonds is 6. The predicted octanol–water partition coefficient (Wildman–Crippen LogP) is 1.71. The molecule has 33 heavy (non-hydrogen) atoms. The first-order valence-corrected chi connectivity index (χ1v) is 12.8. The van der Waals surface area contributed by atoms with Gasteiger partial charge in [-0.25, -0.2) is 8.42 Å². The summed E-state index contributed by atoms with van der Waals surface area (Å²) in [7, 11) is -0.588. The fourth-order valence-electron chi connectivity index (χ4n) is 4.06. The lowest BCUT2D eigenvalue weighted by Crippen LogP contribution is -2.50. The third kappa shape index (κ3) is 5.69. The fraction of sp³-hybridized carbons (Fsp3) is 0.625. The van der Waals surface area contributed by atoms with E-state index in [9.17, 15) is 18.3 Å². The predicted molar refractivity (Wildman–Crippen MR) is 124 cm³/mol. The number of sulfonamides is 1. The van der Waals surface area contributed by atoms with Gasteiger partial charge in [0.05, 0.1) is 13.2 Å². The van der Waals surface area contributed by atoms with Gasteiger partial charge in [-0.05, 0) is 38.0 Å². The summed E-state index contributed by atoms with van der Waals surface area (Å²) < 4.78 is 39.5. The second kappa shape index (κ2) is 10.9. The van der Waals surface area contributed by atoms with Crippen LogP contribution in [0.3, 0.4) is 0 Å². The minimum absolute atomic E-state index is 0.0324. The van der Waals surface area contributed by atoms with Crippen molar-refractivity contribution < 1.29 is 27.8 Å². The average molecular weight is 479 g/mol. The zero-order valence-corrected chi connectivity index (χ0v) is 20.6. The number of hydrogen-bond acceptors (Lipinski definition) is 6. The molecular formula is C24H34N2O6S. The van der Waals surface area contributed by atoms with Crippen LogP contribution in [0.15, 0.2) is 23.1 Å². The van der Waals surface area contributed by atoms with Crippen molar-refractivity contribution in [2.24, 2.45) is 11.8 Å². The molecule has 0 saturated heterocycles. The quantitative estimate of drug-likeness (QED) is 0.626. The van der Waals surface area contributed by atoms with Crippen LogP contribution in [-0.4, -0.2) is 81.2 Å². The second-order valence-corrected chi connectivity index (χ2v) is 10.8. The summed E-state index contributed by atoms with van der Waals surface area (Å²) >= 11 is 0. The van der Waals surface area contributed by atoms with Crippen molar-refractivity contribution in [3.05, 3.63) is 23.8 Å². The van der Waals surface area contributed by atoms with Crippen LogP contribution in [0, 0.1) is 23.7 Å². The van der Waals surface area contributed by atoms with Gasteiger partial charge in [0.15, 0.2) is 0 Å². The van der Waals surface area contributed by atoms with E-state index in [4.69, 9.17) is 9.47 Å². The molecule has 8 nitrogen and oxygen atoms in total. The maximum Gasteiger partial charge on any atom is 0.247 e. The van der Waals surface area contributed by atoms with Crippen molar-refractivity contribution in [1.82, 2.24) is 9.21 Å². The average Bonchev–Trinajstić information content (AvgIpc) is 2.74. The van der Waals surface area contributed by atoms with E-state index < -0.39 is 22.2 Å². The molecule has 0 aromatic heterocycles. The van der Waals surface area contributed by atoms with Crippen molar-refractivity contribution in [3.63, 3.8) is 0 Å². The van der Waals surface area contributed by atoms with Crippen molar-refractivity contribution in [2.45, 2.75) is 50.2 Å². The maximum absolute atomic E-state index is 13.5. The Labute approximate surface area is 196 Å². The molecule has 0 spiro atoms. The minimum atomic E-state index is -3.91. The van der Waals surface area contributed by atoms with Gasteiger partial charge in [-0.2, -0.15) is 4.31 Å². The lowest BCUT2D eigenvalue weighted by atomic mass is 9.84. The largest absolute Gasteiger partial charge is 0.487 e. The van der Waals surface area contributed by atoms with Gasteiger partial charge >= 0.3 is 0 Å². The molecule has 1 aromatic carbocycles. The van der Waals surface area contributed by atoms with E-state index in [1.54, 1.807) is 38.1 Å². The topological polar surface area (TPSA) is 96.4 Å². The molecule has 1 heterocycles. The third-order valence-electron chi connectivity index (χ3n) is 6.40. The summed E-state index contributed by atoms with van der Waals surface area (Å²) in [5.74, 6) is 5.97. The molecule has 9 heteroatoms. The Kier molecular flexibility index (Phi) is 8.40. The Bertz CT molecular complexity index is 1010. The Hall–Kier alpha value is -2.12. The van der Waals surface area contributed by atoms with Crippen LogP contribution in [0.25, 0.3) is 0 Å². The number of amides is 1. The summed E-state index contributed by atoms with van der Waals surface area (Å²) in [4.78, 5) is 14.5. The van der Waals surface area contributed by atoms with Crippen LogP contribution in [0.5, 0.6) is 5.75 Å². The molecule has 1 aromatic rings. The zero-order valence-electron chi connectivity index (χ0n) is 19.8. The van der Waals surface area contributed by atoms with E-state index in [0.29, 0.717) is 12.1 Å². The van der Waals surface area contributed by atoms with Gasteiger partial charge in [-0.1, -0.05) is 25.2 Å². The molecule has 0 bridgehead atoms. The van der Waals surface area contributed by atoms with Crippen LogP contribution in [0.2, 0.25) is 0 Å². The van der Waals surface area contributed by atoms with Gasteiger partial charge in [-0.15, -0.1) is 0 Å². The summed E-state index contributed by atoms with van der Waals surface area (Å²) in [6.07, 6.45) is 2.48. The monoisotopic (exact) mass is 478 g/mol. The van der Waals surface area contributed by atoms with Crippen molar-refractivity contribution in [3.8, 4) is 17.6 Å². The van der Waals surface area contributed by atoms with Crippen molar-refractivity contribution >= 4 is 15.9 Å². The summed E-state index contributed by atoms with van der Waals surface area (Å²) in [5.41, 5.74) is 0.605. The molecule has 3 atom stereocenters. The normalized spacial score (nSPS) is 23.5. The molecule has 1 saturated carbocycles. The molecular weight excluding hydrogens is 444 g/mol. The number of benzene rings is 1. The van der Waals surface area contributed by atoms with Gasteiger partial charge in [0, 0.05) is 44.1 Å². The van der Waals surface area contributed by atoms with E-state index in [-0.39, 0.29) is 48.1 Å². The number of nitrogens with zero attached hydrogens (tertiary/aromatic N) is 2. The summed E-state index contributed by atoms with van der Waals surface area (Å²) in [5, 5.41) is 9.74. The molecule has 0 radical (unpaired) electrons. The first kappa shape index (κ1) is 25.5. The van der Waals surface area contributed by atoms with Gasteiger partial charge in [-0.3, -0.25) is 4.79 Å². The first-order valence-electron chi connectivity index (χ1n) is 11.3. The van der Waals surface area contributed by atoms with Gasteiger partial charge in [0.25, 0.3) is 0 Å². The van der Waals surface area contributed by atoms with Crippen molar-refractivity contribution in [1.29, 1.82) is 0 Å². The van der Waals surface area contributed by atoms with Crippen LogP contribution >= 0.6 is 0 Å². The van der Waals surface area contributed by atoms with Crippen LogP contribution in [0.1, 0.15) is 38.7 Å². The van der Waals surface area contributed by atoms with Gasteiger partial charge in [0.1, 0.15) is 23.4 Å². The molecule has 3 rings (SSSR count). The number of aliphatic hydroxyl groups is 1. The highest BCUT2D eigenvalue weighted by molar-refractivity contribution is 7.89. The number of fused-ring (bicyclic) bond motifs is 1. The highest BCUT2D eigenvalue weighted by Crippen LogP contribution is 2.34. The molecule has 182 valence electrons. The Morgan fingerprint density at radius 1 is 1.39 bits per heavy atom. The zero-order chi connectivity index (χ0) is 24.2. The molecule has 1 aliphatic carbocycles. The van der Waals surface area contributed by atoms with Gasteiger partial charge in [0.2, 0.25) is 15.9 Å². The summed E-state index contributed by atoms with van der Waals surface area (Å²) in [6.45, 7) is 4.07. The Balaban J connectivity index is 1.99. The highest BCUT2D eigenvalue weighted by atomic mass is 32.2. The Morgan fingerprint density at radius 2 is 2.12 bits per heavy atom. The van der Waals surface area contributed by atoms with Crippen LogP contribution in [-0.2, 0) is 19.6 Å². The van der Waals surface area contributed by atoms with E-state index in [1.807, 2.05) is 6.92 Å². The van der Waals surface area contributed by atoms with E-state index in [2.05, 4.69) is 11.8 Å². The van der Waals surface area contributed by atoms with E-state index in [1.165, 1.54) is 10.4 Å². The summed E-state index contributed by atoms with van der Waals surface area (Å²) in [6, 6.07) is 4.15. The molecule has 1 aliphatic heterocycles. The molecule has 1 fully saturated rings. The first-order chi connectivity index (χ1) is 15.7. The maximum atomic E-state index is 13.5. The molecule has 0 unspecified atom stereocenters. The SMILES string of the molecule is COCC#Cc1ccc2c(c1)O[C@H](CN(C)C(=O)C1CCC1)[C@H](C)CN([C@H](C)CO)S2(=O)=O. The Morgan fingerprint density at radius 3 is 2.73 bits per heavy atom. The minimum Gasteiger partial charge on any atom is -0.487 e. The molecule has 1 amide bonds. The smallest absolute Gasteiger partial charge is 0.247 e. The standard InChI is InChI=1S/C24H34N2O6S/c1-17-14-26(18(2)16-27)33(29,30)23-11-10-19(7-6-12-31-4)13-21(23)32-22(17)15-25(3)24(28)20-8-5-9-20/h10-11,13,17-18,20,22,27H,5,8-9,12,14-16H2,1-4H3/t17-,18-,22-/m1/s1.